The van der Waals surface area contributed by atoms with Crippen molar-refractivity contribution in [2.24, 2.45) is 0 Å². The molecule has 2 aromatic rings. The number of aliphatic hydroxyl groups is 1. The van der Waals surface area contributed by atoms with E-state index in [1.807, 2.05) is 22.7 Å². The third-order valence-corrected chi connectivity index (χ3v) is 2.18. The predicted octanol–water partition coefficient (Wildman–Crippen LogP) is 1.59. The van der Waals surface area contributed by atoms with E-state index in [1.54, 1.807) is 6.20 Å². The van der Waals surface area contributed by atoms with Crippen LogP contribution in [0.15, 0.2) is 29.0 Å². The molecule has 0 saturated carbocycles. The Kier molecular flexibility index (Phi) is 1.86. The van der Waals surface area contributed by atoms with Crippen molar-refractivity contribution in [3.63, 3.8) is 0 Å². The zero-order valence-corrected chi connectivity index (χ0v) is 7.82. The molecule has 62 valence electrons. The summed E-state index contributed by atoms with van der Waals surface area (Å²) in [5.74, 6) is 0.659. The molecular weight excluding hydrogens is 220 g/mol. The van der Waals surface area contributed by atoms with Gasteiger partial charge in [0.05, 0.1) is 11.7 Å². The fourth-order valence-electron chi connectivity index (χ4n) is 1.13. The molecule has 0 aliphatic heterocycles. The van der Waals surface area contributed by atoms with Crippen molar-refractivity contribution < 1.29 is 5.11 Å². The largest absolute Gasteiger partial charge is 0.388 e. The van der Waals surface area contributed by atoms with Gasteiger partial charge >= 0.3 is 0 Å². The number of aliphatic hydroxyl groups excluding tert-OH is 1. The van der Waals surface area contributed by atoms with E-state index < -0.39 is 0 Å². The highest BCUT2D eigenvalue weighted by molar-refractivity contribution is 9.10. The maximum atomic E-state index is 8.92. The number of rotatable bonds is 1. The summed E-state index contributed by atoms with van der Waals surface area (Å²) in [5, 5.41) is 8.92. The molecule has 2 heterocycles. The van der Waals surface area contributed by atoms with Gasteiger partial charge in [0.2, 0.25) is 0 Å². The maximum absolute atomic E-state index is 8.92. The van der Waals surface area contributed by atoms with E-state index in [-0.39, 0.29) is 6.61 Å². The van der Waals surface area contributed by atoms with Gasteiger partial charge in [-0.05, 0) is 28.1 Å². The van der Waals surface area contributed by atoms with E-state index in [2.05, 4.69) is 20.9 Å². The maximum Gasteiger partial charge on any atom is 0.139 e. The summed E-state index contributed by atoms with van der Waals surface area (Å²) < 4.78 is 2.83. The lowest BCUT2D eigenvalue weighted by Gasteiger charge is -1.97. The Bertz CT molecular complexity index is 410. The van der Waals surface area contributed by atoms with Crippen LogP contribution >= 0.6 is 15.9 Å². The number of aromatic nitrogens is 2. The summed E-state index contributed by atoms with van der Waals surface area (Å²) in [6.45, 7) is -0.0371. The quantitative estimate of drug-likeness (QED) is 0.803. The van der Waals surface area contributed by atoms with E-state index in [4.69, 9.17) is 5.11 Å². The standard InChI is InChI=1S/C8H7BrN2O/c9-6-1-2-7-3-10-8(5-12)11(7)4-6/h1-4,12H,5H2. The average Bonchev–Trinajstić information content (AvgIpc) is 2.46. The van der Waals surface area contributed by atoms with Crippen LogP contribution in [-0.4, -0.2) is 14.5 Å². The van der Waals surface area contributed by atoms with Crippen molar-refractivity contribution in [1.29, 1.82) is 0 Å². The second-order valence-electron chi connectivity index (χ2n) is 2.47. The van der Waals surface area contributed by atoms with Gasteiger partial charge in [-0.1, -0.05) is 0 Å². The van der Waals surface area contributed by atoms with Gasteiger partial charge in [-0.25, -0.2) is 4.98 Å². The Labute approximate surface area is 77.8 Å². The zero-order chi connectivity index (χ0) is 8.55. The lowest BCUT2D eigenvalue weighted by molar-refractivity contribution is 0.270. The van der Waals surface area contributed by atoms with E-state index >= 15 is 0 Å². The first-order valence-corrected chi connectivity index (χ1v) is 4.33. The SMILES string of the molecule is OCc1ncc2ccc(Br)cn12. The number of pyridine rings is 1. The second-order valence-corrected chi connectivity index (χ2v) is 3.39. The van der Waals surface area contributed by atoms with E-state index in [0.717, 1.165) is 9.99 Å². The van der Waals surface area contributed by atoms with Crippen LogP contribution in [0.3, 0.4) is 0 Å². The highest BCUT2D eigenvalue weighted by Gasteiger charge is 2.00. The zero-order valence-electron chi connectivity index (χ0n) is 6.24. The highest BCUT2D eigenvalue weighted by Crippen LogP contribution is 2.13. The van der Waals surface area contributed by atoms with Crippen LogP contribution in [0.4, 0.5) is 0 Å². The van der Waals surface area contributed by atoms with Crippen LogP contribution in [0.25, 0.3) is 5.52 Å². The molecule has 0 spiro atoms. The lowest BCUT2D eigenvalue weighted by atomic mass is 10.4. The smallest absolute Gasteiger partial charge is 0.139 e. The molecule has 0 aliphatic carbocycles. The fraction of sp³-hybridized carbons (Fsp3) is 0.125. The molecule has 0 saturated heterocycles. The van der Waals surface area contributed by atoms with Gasteiger partial charge in [-0.3, -0.25) is 0 Å². The van der Waals surface area contributed by atoms with Crippen LogP contribution in [0, 0.1) is 0 Å². The molecule has 0 amide bonds. The Hall–Kier alpha value is -0.870. The molecule has 3 nitrogen and oxygen atoms in total. The molecular formula is C8H7BrN2O. The first-order valence-electron chi connectivity index (χ1n) is 3.53. The fourth-order valence-corrected chi connectivity index (χ4v) is 1.47. The normalized spacial score (nSPS) is 10.8. The summed E-state index contributed by atoms with van der Waals surface area (Å²) in [6, 6.07) is 3.88. The van der Waals surface area contributed by atoms with Crippen LogP contribution in [-0.2, 0) is 6.61 Å². The molecule has 12 heavy (non-hydrogen) atoms. The van der Waals surface area contributed by atoms with Crippen molar-refractivity contribution >= 4 is 21.4 Å². The molecule has 2 aromatic heterocycles. The first kappa shape index (κ1) is 7.76. The van der Waals surface area contributed by atoms with Crippen molar-refractivity contribution in [3.8, 4) is 0 Å². The van der Waals surface area contributed by atoms with E-state index in [9.17, 15) is 0 Å². The van der Waals surface area contributed by atoms with Gasteiger partial charge < -0.3 is 9.51 Å². The molecule has 0 atom stereocenters. The Balaban J connectivity index is 2.75. The summed E-state index contributed by atoms with van der Waals surface area (Å²) in [5.41, 5.74) is 0.988. The average molecular weight is 227 g/mol. The minimum absolute atomic E-state index is 0.0371. The molecule has 2 rings (SSSR count). The molecule has 0 aromatic carbocycles. The van der Waals surface area contributed by atoms with Crippen molar-refractivity contribution in [3.05, 3.63) is 34.8 Å². The molecule has 0 radical (unpaired) electrons. The topological polar surface area (TPSA) is 37.5 Å². The Morgan fingerprint density at radius 2 is 2.33 bits per heavy atom. The van der Waals surface area contributed by atoms with Crippen molar-refractivity contribution in [2.75, 3.05) is 0 Å². The van der Waals surface area contributed by atoms with Crippen molar-refractivity contribution in [2.45, 2.75) is 6.61 Å². The number of halogens is 1. The molecule has 1 N–H and O–H groups in total. The minimum Gasteiger partial charge on any atom is -0.388 e. The minimum atomic E-state index is -0.0371. The van der Waals surface area contributed by atoms with E-state index in [0.29, 0.717) is 5.82 Å². The highest BCUT2D eigenvalue weighted by atomic mass is 79.9. The number of imidazole rings is 1. The van der Waals surface area contributed by atoms with Crippen LogP contribution in [0.2, 0.25) is 0 Å². The molecule has 0 unspecified atom stereocenters. The van der Waals surface area contributed by atoms with Crippen LogP contribution in [0.1, 0.15) is 5.82 Å². The van der Waals surface area contributed by atoms with Gasteiger partial charge in [0, 0.05) is 10.7 Å². The van der Waals surface area contributed by atoms with Gasteiger partial charge in [0.25, 0.3) is 0 Å². The molecule has 0 aliphatic rings. The third kappa shape index (κ3) is 1.13. The van der Waals surface area contributed by atoms with Gasteiger partial charge in [0.1, 0.15) is 12.4 Å². The monoisotopic (exact) mass is 226 g/mol. The number of nitrogens with zero attached hydrogens (tertiary/aromatic N) is 2. The van der Waals surface area contributed by atoms with Gasteiger partial charge in [-0.15, -0.1) is 0 Å². The summed E-state index contributed by atoms with van der Waals surface area (Å²) in [7, 11) is 0. The van der Waals surface area contributed by atoms with Crippen LogP contribution in [0.5, 0.6) is 0 Å². The summed E-state index contributed by atoms with van der Waals surface area (Å²) in [6.07, 6.45) is 3.62. The Morgan fingerprint density at radius 3 is 3.08 bits per heavy atom. The van der Waals surface area contributed by atoms with Gasteiger partial charge in [-0.2, -0.15) is 0 Å². The van der Waals surface area contributed by atoms with E-state index in [1.165, 1.54) is 0 Å². The molecule has 4 heteroatoms. The first-order chi connectivity index (χ1) is 5.81. The number of fused-ring (bicyclic) bond motifs is 1. The Morgan fingerprint density at radius 1 is 1.50 bits per heavy atom. The number of hydrogen-bond donors (Lipinski definition) is 1. The van der Waals surface area contributed by atoms with Crippen LogP contribution < -0.4 is 0 Å². The predicted molar refractivity (Wildman–Crippen MR) is 48.8 cm³/mol. The van der Waals surface area contributed by atoms with Gasteiger partial charge in [0.15, 0.2) is 0 Å². The molecule has 0 bridgehead atoms. The third-order valence-electron chi connectivity index (χ3n) is 1.71. The summed E-state index contributed by atoms with van der Waals surface area (Å²) >= 11 is 3.35. The molecule has 0 fully saturated rings. The number of hydrogen-bond acceptors (Lipinski definition) is 2. The second kappa shape index (κ2) is 2.88. The van der Waals surface area contributed by atoms with Crippen molar-refractivity contribution in [1.82, 2.24) is 9.38 Å². The lowest BCUT2D eigenvalue weighted by Crippen LogP contribution is -1.93. The summed E-state index contributed by atoms with van der Waals surface area (Å²) in [4.78, 5) is 4.05.